The van der Waals surface area contributed by atoms with Gasteiger partial charge in [0.15, 0.2) is 28.8 Å². The standard InChI is InChI=1S/C22H21N3O6/c1-27-15-7-5-12(9-17(15)29-3)14(11-23)21-20(26)19(22(25-24)31-21)13-6-8-16(28-2)18(10-13)30-4/h5-10,19H,24H2,1-4H3/b21-14-,25-22-. The van der Waals surface area contributed by atoms with Gasteiger partial charge in [-0.1, -0.05) is 6.07 Å². The predicted octanol–water partition coefficient (Wildman–Crippen LogP) is 2.61. The van der Waals surface area contributed by atoms with E-state index in [0.29, 0.717) is 34.1 Å². The molecule has 2 aromatic carbocycles. The van der Waals surface area contributed by atoms with Gasteiger partial charge in [-0.25, -0.2) is 0 Å². The third-order valence-electron chi connectivity index (χ3n) is 4.82. The number of allylic oxidation sites excluding steroid dienone is 2. The first kappa shape index (κ1) is 21.5. The number of nitrogens with two attached hydrogens (primary N) is 1. The zero-order chi connectivity index (χ0) is 22.5. The van der Waals surface area contributed by atoms with Crippen LogP contribution in [0.25, 0.3) is 5.57 Å². The van der Waals surface area contributed by atoms with Gasteiger partial charge in [0.05, 0.1) is 28.4 Å². The van der Waals surface area contributed by atoms with Crippen molar-refractivity contribution in [2.45, 2.75) is 5.92 Å². The lowest BCUT2D eigenvalue weighted by atomic mass is 9.93. The fourth-order valence-electron chi connectivity index (χ4n) is 3.30. The van der Waals surface area contributed by atoms with Gasteiger partial charge in [0, 0.05) is 5.56 Å². The van der Waals surface area contributed by atoms with E-state index >= 15 is 0 Å². The molecule has 1 aliphatic rings. The number of ketones is 1. The largest absolute Gasteiger partial charge is 0.493 e. The Morgan fingerprint density at radius 2 is 1.55 bits per heavy atom. The maximum Gasteiger partial charge on any atom is 0.227 e. The van der Waals surface area contributed by atoms with Crippen molar-refractivity contribution in [1.29, 1.82) is 5.26 Å². The Kier molecular flexibility index (Phi) is 6.31. The summed E-state index contributed by atoms with van der Waals surface area (Å²) in [5.74, 6) is 5.75. The van der Waals surface area contributed by atoms with Crippen molar-refractivity contribution >= 4 is 17.3 Å². The third kappa shape index (κ3) is 3.83. The summed E-state index contributed by atoms with van der Waals surface area (Å²) in [4.78, 5) is 13.3. The minimum Gasteiger partial charge on any atom is -0.493 e. The van der Waals surface area contributed by atoms with Crippen molar-refractivity contribution < 1.29 is 28.5 Å². The molecule has 9 nitrogen and oxygen atoms in total. The van der Waals surface area contributed by atoms with E-state index in [2.05, 4.69) is 5.10 Å². The van der Waals surface area contributed by atoms with Gasteiger partial charge in [0.1, 0.15) is 17.6 Å². The van der Waals surface area contributed by atoms with E-state index in [-0.39, 0.29) is 17.2 Å². The number of carbonyl (C=O) groups is 1. The molecule has 0 aromatic heterocycles. The fraction of sp³-hybridized carbons (Fsp3) is 0.227. The number of hydrogen-bond acceptors (Lipinski definition) is 9. The average molecular weight is 423 g/mol. The smallest absolute Gasteiger partial charge is 0.227 e. The molecule has 0 bridgehead atoms. The highest BCUT2D eigenvalue weighted by Crippen LogP contribution is 2.39. The zero-order valence-electron chi connectivity index (χ0n) is 17.5. The van der Waals surface area contributed by atoms with Gasteiger partial charge in [0.2, 0.25) is 11.7 Å². The topological polar surface area (TPSA) is 125 Å². The van der Waals surface area contributed by atoms with Crippen LogP contribution in [0.2, 0.25) is 0 Å². The summed E-state index contributed by atoms with van der Waals surface area (Å²) >= 11 is 0. The van der Waals surface area contributed by atoms with E-state index in [0.717, 1.165) is 0 Å². The monoisotopic (exact) mass is 423 g/mol. The number of hydrazone groups is 1. The lowest BCUT2D eigenvalue weighted by Gasteiger charge is -2.12. The molecule has 3 rings (SSSR count). The Morgan fingerprint density at radius 1 is 0.968 bits per heavy atom. The maximum absolute atomic E-state index is 13.3. The molecule has 0 aliphatic carbocycles. The number of nitrogens with zero attached hydrogens (tertiary/aromatic N) is 2. The van der Waals surface area contributed by atoms with Crippen molar-refractivity contribution in [2.24, 2.45) is 10.9 Å². The molecule has 1 saturated heterocycles. The molecule has 160 valence electrons. The van der Waals surface area contributed by atoms with Crippen LogP contribution in [0.3, 0.4) is 0 Å². The van der Waals surface area contributed by atoms with Crippen molar-refractivity contribution in [3.63, 3.8) is 0 Å². The van der Waals surface area contributed by atoms with Gasteiger partial charge >= 0.3 is 0 Å². The Morgan fingerprint density at radius 3 is 2.10 bits per heavy atom. The average Bonchev–Trinajstić information content (AvgIpc) is 3.14. The van der Waals surface area contributed by atoms with Crippen LogP contribution in [0.15, 0.2) is 47.3 Å². The van der Waals surface area contributed by atoms with Gasteiger partial charge in [-0.05, 0) is 35.9 Å². The highest BCUT2D eigenvalue weighted by Gasteiger charge is 2.42. The molecule has 2 N–H and O–H groups in total. The summed E-state index contributed by atoms with van der Waals surface area (Å²) in [6.45, 7) is 0. The van der Waals surface area contributed by atoms with E-state index < -0.39 is 11.7 Å². The molecule has 1 heterocycles. The minimum atomic E-state index is -0.927. The molecular weight excluding hydrogens is 402 g/mol. The lowest BCUT2D eigenvalue weighted by molar-refractivity contribution is -0.115. The highest BCUT2D eigenvalue weighted by molar-refractivity contribution is 6.22. The zero-order valence-corrected chi connectivity index (χ0v) is 17.5. The molecule has 1 unspecified atom stereocenters. The van der Waals surface area contributed by atoms with Gasteiger partial charge in [0.25, 0.3) is 0 Å². The van der Waals surface area contributed by atoms with Gasteiger partial charge in [-0.2, -0.15) is 5.26 Å². The molecular formula is C22H21N3O6. The van der Waals surface area contributed by atoms with Crippen LogP contribution in [-0.4, -0.2) is 40.1 Å². The summed E-state index contributed by atoms with van der Waals surface area (Å²) in [7, 11) is 5.98. The summed E-state index contributed by atoms with van der Waals surface area (Å²) < 4.78 is 26.7. The van der Waals surface area contributed by atoms with Crippen LogP contribution in [0.1, 0.15) is 17.0 Å². The fourth-order valence-corrected chi connectivity index (χ4v) is 3.30. The summed E-state index contributed by atoms with van der Waals surface area (Å²) in [5.41, 5.74) is 0.981. The SMILES string of the molecule is COc1ccc(/C(C#N)=C2\O/C(=N\N)C(c3ccc(OC)c(OC)c3)C2=O)cc1OC. The molecule has 0 amide bonds. The number of carbonyl (C=O) groups excluding carboxylic acids is 1. The van der Waals surface area contributed by atoms with Crippen molar-refractivity contribution in [3.8, 4) is 29.1 Å². The second-order valence-electron chi connectivity index (χ2n) is 6.37. The number of nitriles is 1. The number of ether oxygens (including phenoxy) is 5. The van der Waals surface area contributed by atoms with E-state index in [1.54, 1.807) is 36.4 Å². The number of methoxy groups -OCH3 is 4. The Hall–Kier alpha value is -4.19. The number of Topliss-reactive ketones (excluding diaryl/α,β-unsaturated/α-hetero) is 1. The minimum absolute atomic E-state index is 0.0232. The second kappa shape index (κ2) is 9.09. The van der Waals surface area contributed by atoms with Crippen LogP contribution < -0.4 is 24.8 Å². The van der Waals surface area contributed by atoms with E-state index in [4.69, 9.17) is 29.5 Å². The molecule has 1 fully saturated rings. The highest BCUT2D eigenvalue weighted by atomic mass is 16.5. The van der Waals surface area contributed by atoms with Crippen LogP contribution in [0.5, 0.6) is 23.0 Å². The molecule has 0 radical (unpaired) electrons. The molecule has 1 aliphatic heterocycles. The second-order valence-corrected chi connectivity index (χ2v) is 6.37. The van der Waals surface area contributed by atoms with E-state index in [9.17, 15) is 10.1 Å². The summed E-state index contributed by atoms with van der Waals surface area (Å²) in [6, 6.07) is 11.9. The van der Waals surface area contributed by atoms with Crippen LogP contribution in [-0.2, 0) is 9.53 Å². The first-order valence-corrected chi connectivity index (χ1v) is 9.11. The van der Waals surface area contributed by atoms with Crippen molar-refractivity contribution in [3.05, 3.63) is 53.3 Å². The van der Waals surface area contributed by atoms with Crippen molar-refractivity contribution in [2.75, 3.05) is 28.4 Å². The molecule has 0 saturated carbocycles. The normalized spacial score (nSPS) is 18.2. The Bertz CT molecular complexity index is 1120. The van der Waals surface area contributed by atoms with Crippen LogP contribution in [0.4, 0.5) is 0 Å². The summed E-state index contributed by atoms with van der Waals surface area (Å²) in [5, 5.41) is 13.4. The van der Waals surface area contributed by atoms with Crippen LogP contribution in [0, 0.1) is 11.3 Å². The molecule has 1 atom stereocenters. The predicted molar refractivity (Wildman–Crippen MR) is 112 cm³/mol. The van der Waals surface area contributed by atoms with Crippen molar-refractivity contribution in [1.82, 2.24) is 0 Å². The first-order valence-electron chi connectivity index (χ1n) is 9.11. The van der Waals surface area contributed by atoms with Crippen LogP contribution >= 0.6 is 0 Å². The maximum atomic E-state index is 13.3. The Balaban J connectivity index is 2.11. The van der Waals surface area contributed by atoms with Gasteiger partial charge in [-0.3, -0.25) is 4.79 Å². The first-order chi connectivity index (χ1) is 15.0. The lowest BCUT2D eigenvalue weighted by Crippen LogP contribution is -2.15. The summed E-state index contributed by atoms with van der Waals surface area (Å²) in [6.07, 6.45) is 0. The van der Waals surface area contributed by atoms with Gasteiger partial charge in [-0.15, -0.1) is 5.10 Å². The quantitative estimate of drug-likeness (QED) is 0.325. The molecule has 31 heavy (non-hydrogen) atoms. The molecule has 2 aromatic rings. The molecule has 0 spiro atoms. The van der Waals surface area contributed by atoms with E-state index in [1.165, 1.54) is 28.4 Å². The number of rotatable bonds is 6. The number of hydrogen-bond donors (Lipinski definition) is 1. The van der Waals surface area contributed by atoms with E-state index in [1.807, 2.05) is 6.07 Å². The Labute approximate surface area is 179 Å². The third-order valence-corrected chi connectivity index (χ3v) is 4.82. The van der Waals surface area contributed by atoms with Gasteiger partial charge < -0.3 is 29.5 Å². The number of benzene rings is 2. The molecule has 9 heteroatoms.